The number of nitrogens with zero attached hydrogens (tertiary/aromatic N) is 11. The molecule has 0 N–H and O–H groups in total. The van der Waals surface area contributed by atoms with E-state index < -0.39 is 0 Å². The van der Waals surface area contributed by atoms with Gasteiger partial charge in [0.25, 0.3) is 0 Å². The van der Waals surface area contributed by atoms with Crippen molar-refractivity contribution >= 4 is 87.8 Å². The van der Waals surface area contributed by atoms with Crippen molar-refractivity contribution in [1.82, 2.24) is 34.9 Å². The van der Waals surface area contributed by atoms with Crippen molar-refractivity contribution in [1.29, 1.82) is 21.0 Å². The smallest absolute Gasteiger partial charge is 0.141 e. The molecule has 0 amide bonds. The van der Waals surface area contributed by atoms with E-state index in [1.807, 2.05) is 188 Å². The lowest BCUT2D eigenvalue weighted by molar-refractivity contribution is 0.668. The molecular weight excluding hydrogens is 1340 g/mol. The van der Waals surface area contributed by atoms with Gasteiger partial charge < -0.3 is 17.7 Å². The summed E-state index contributed by atoms with van der Waals surface area (Å²) in [6.07, 6.45) is 10.0. The van der Waals surface area contributed by atoms with Crippen LogP contribution in [0.25, 0.3) is 178 Å². The van der Waals surface area contributed by atoms with Crippen molar-refractivity contribution in [2.45, 2.75) is 0 Å². The molecule has 15 nitrogen and oxygen atoms in total. The largest absolute Gasteiger partial charge is 0.456 e. The Morgan fingerprint density at radius 3 is 1.10 bits per heavy atom. The number of pyridine rings is 7. The van der Waals surface area contributed by atoms with Gasteiger partial charge in [-0.2, -0.15) is 21.0 Å². The van der Waals surface area contributed by atoms with Crippen LogP contribution in [-0.2, 0) is 0 Å². The minimum absolute atomic E-state index is 0.381. The van der Waals surface area contributed by atoms with Gasteiger partial charge in [-0.25, -0.2) is 15.0 Å². The number of aromatic nitrogens is 7. The number of para-hydroxylation sites is 3. The van der Waals surface area contributed by atoms with Gasteiger partial charge in [-0.3, -0.25) is 19.9 Å². The van der Waals surface area contributed by atoms with E-state index in [0.717, 1.165) is 166 Å². The number of fused-ring (bicyclic) bond motifs is 12. The minimum Gasteiger partial charge on any atom is -0.456 e. The van der Waals surface area contributed by atoms with Crippen molar-refractivity contribution in [2.75, 3.05) is 0 Å². The molecule has 9 aromatic carbocycles. The van der Waals surface area contributed by atoms with Crippen LogP contribution in [0, 0.1) is 45.3 Å². The number of hydrogen-bond donors (Lipinski definition) is 0. The Kier molecular flexibility index (Phi) is 17.5. The Morgan fingerprint density at radius 2 is 0.611 bits per heavy atom. The van der Waals surface area contributed by atoms with Crippen molar-refractivity contribution < 1.29 is 17.7 Å². The van der Waals surface area contributed by atoms with E-state index in [2.05, 4.69) is 116 Å². The molecule has 0 spiro atoms. The van der Waals surface area contributed by atoms with Crippen molar-refractivity contribution in [3.8, 4) is 114 Å². The first-order chi connectivity index (χ1) is 53.3. The Hall–Kier alpha value is -15.8. The lowest BCUT2D eigenvalue weighted by Gasteiger charge is -2.05. The molecule has 20 aromatic rings. The predicted molar refractivity (Wildman–Crippen MR) is 422 cm³/mol. The molecular formula is C93H53N11O4. The standard InChI is InChI=1S/C24H14N2O.3C23H13N3O/c25-15-16-10-11-26-22(12-16)19-7-9-24-21(14-19)20-13-18(6-8-23(20)27-24)17-4-2-1-3-5-17;24-12-15-10-17(14-25-13-15)21-6-3-5-20(26-21)16-8-9-23-19(11-16)18-4-1-2-7-22(18)27-23;24-14-17-12-16(10-11-25-17)21-6-3-5-20(26-21)15-8-9-23-19(13-15)18-4-1-2-7-22(18)27-23;24-13-15-9-10-25-21(11-15)20-7-5-17(14-26-20)16-6-8-23-19(12-16)18-3-1-2-4-22(18)27-23/h1-14H;1-11,13-14H;1-13H;1-12,14H. The van der Waals surface area contributed by atoms with E-state index in [0.29, 0.717) is 28.1 Å². The summed E-state index contributed by atoms with van der Waals surface area (Å²) >= 11 is 0. The minimum atomic E-state index is 0.381. The van der Waals surface area contributed by atoms with Crippen LogP contribution in [0.2, 0.25) is 0 Å². The second-order valence-corrected chi connectivity index (χ2v) is 25.3. The maximum absolute atomic E-state index is 9.13. The molecule has 15 heteroatoms. The van der Waals surface area contributed by atoms with Gasteiger partial charge in [0.2, 0.25) is 0 Å². The lowest BCUT2D eigenvalue weighted by atomic mass is 10.0. The molecule has 0 saturated heterocycles. The zero-order valence-corrected chi connectivity index (χ0v) is 57.2. The molecule has 108 heavy (non-hydrogen) atoms. The van der Waals surface area contributed by atoms with E-state index in [1.54, 1.807) is 67.4 Å². The van der Waals surface area contributed by atoms with Gasteiger partial charge in [-0.15, -0.1) is 0 Å². The van der Waals surface area contributed by atoms with Crippen LogP contribution in [0.3, 0.4) is 0 Å². The third kappa shape index (κ3) is 13.3. The second kappa shape index (κ2) is 28.9. The first kappa shape index (κ1) is 65.5. The van der Waals surface area contributed by atoms with Gasteiger partial charge in [0.1, 0.15) is 62.5 Å². The van der Waals surface area contributed by atoms with Crippen LogP contribution in [0.5, 0.6) is 0 Å². The van der Waals surface area contributed by atoms with Crippen molar-refractivity contribution in [2.24, 2.45) is 0 Å². The summed E-state index contributed by atoms with van der Waals surface area (Å²) in [7, 11) is 0. The maximum atomic E-state index is 9.13. The van der Waals surface area contributed by atoms with Gasteiger partial charge in [0, 0.05) is 114 Å². The van der Waals surface area contributed by atoms with Gasteiger partial charge in [0.15, 0.2) is 0 Å². The molecule has 0 fully saturated rings. The molecule has 504 valence electrons. The number of rotatable bonds is 8. The average molecular weight is 1390 g/mol. The third-order valence-corrected chi connectivity index (χ3v) is 18.6. The van der Waals surface area contributed by atoms with E-state index in [4.69, 9.17) is 48.7 Å². The van der Waals surface area contributed by atoms with Gasteiger partial charge in [-0.1, -0.05) is 115 Å². The van der Waals surface area contributed by atoms with Crippen molar-refractivity contribution in [3.05, 3.63) is 345 Å². The summed E-state index contributed by atoms with van der Waals surface area (Å²) in [5.41, 5.74) is 23.7. The SMILES string of the molecule is N#Cc1cc(-c2cccc(-c3ccc4oc5ccccc5c4c3)n2)ccn1.N#Cc1ccnc(-c2ccc(-c3ccc4oc5ccccc5c4c3)cn2)c1.N#Cc1ccnc(-c2ccc3oc4ccc(-c5ccccc5)cc4c3c2)c1.N#Cc1cncc(-c2cccc(-c3ccc4oc5ccccc5c4c3)n2)c1. The Balaban J connectivity index is 0.000000105. The Bertz CT molecular complexity index is 6820. The zero-order chi connectivity index (χ0) is 72.9. The van der Waals surface area contributed by atoms with Crippen LogP contribution in [-0.4, -0.2) is 34.9 Å². The molecule has 0 aliphatic heterocycles. The van der Waals surface area contributed by atoms with Crippen LogP contribution < -0.4 is 0 Å². The summed E-state index contributed by atoms with van der Waals surface area (Å²) in [5, 5.41) is 45.0. The zero-order valence-electron chi connectivity index (χ0n) is 57.2. The number of hydrogen-bond acceptors (Lipinski definition) is 15. The highest BCUT2D eigenvalue weighted by molar-refractivity contribution is 6.10. The molecule has 0 unspecified atom stereocenters. The van der Waals surface area contributed by atoms with Crippen LogP contribution in [0.1, 0.15) is 22.4 Å². The highest BCUT2D eigenvalue weighted by Crippen LogP contribution is 2.39. The second-order valence-electron chi connectivity index (χ2n) is 25.3. The third-order valence-electron chi connectivity index (χ3n) is 18.6. The molecule has 0 atom stereocenters. The van der Waals surface area contributed by atoms with Crippen LogP contribution in [0.15, 0.2) is 340 Å². The van der Waals surface area contributed by atoms with Crippen LogP contribution in [0.4, 0.5) is 0 Å². The van der Waals surface area contributed by atoms with Crippen molar-refractivity contribution in [3.63, 3.8) is 0 Å². The summed E-state index contributed by atoms with van der Waals surface area (Å²) < 4.78 is 23.7. The molecule has 11 aromatic heterocycles. The lowest BCUT2D eigenvalue weighted by Crippen LogP contribution is -1.89. The molecule has 0 bridgehead atoms. The number of nitriles is 4. The highest BCUT2D eigenvalue weighted by atomic mass is 16.3. The monoisotopic (exact) mass is 1390 g/mol. The van der Waals surface area contributed by atoms with Gasteiger partial charge in [0.05, 0.1) is 68.7 Å². The molecule has 20 rings (SSSR count). The van der Waals surface area contributed by atoms with E-state index in [9.17, 15) is 0 Å². The fourth-order valence-electron chi connectivity index (χ4n) is 13.2. The summed E-state index contributed by atoms with van der Waals surface area (Å²) in [5.74, 6) is 0. The number of furan rings is 4. The summed E-state index contributed by atoms with van der Waals surface area (Å²) in [6.45, 7) is 0. The molecule has 0 saturated carbocycles. The van der Waals surface area contributed by atoms with Gasteiger partial charge in [-0.05, 0) is 187 Å². The Labute approximate surface area is 616 Å². The van der Waals surface area contributed by atoms with E-state index in [1.165, 1.54) is 5.56 Å². The fourth-order valence-corrected chi connectivity index (χ4v) is 13.2. The number of benzene rings is 9. The van der Waals surface area contributed by atoms with Gasteiger partial charge >= 0.3 is 0 Å². The van der Waals surface area contributed by atoms with Crippen LogP contribution >= 0.6 is 0 Å². The van der Waals surface area contributed by atoms with E-state index in [-0.39, 0.29) is 0 Å². The summed E-state index contributed by atoms with van der Waals surface area (Å²) in [6, 6.07) is 102. The summed E-state index contributed by atoms with van der Waals surface area (Å²) in [4.78, 5) is 31.0. The highest BCUT2D eigenvalue weighted by Gasteiger charge is 2.16. The predicted octanol–water partition coefficient (Wildman–Crippen LogP) is 22.9. The normalized spacial score (nSPS) is 10.9. The first-order valence-electron chi connectivity index (χ1n) is 34.4. The first-order valence-corrected chi connectivity index (χ1v) is 34.4. The van der Waals surface area contributed by atoms with E-state index >= 15 is 0 Å². The quantitative estimate of drug-likeness (QED) is 0.137. The average Bonchev–Trinajstić information content (AvgIpc) is 1.67. The molecule has 11 heterocycles. The topological polar surface area (TPSA) is 238 Å². The Morgan fingerprint density at radius 1 is 0.213 bits per heavy atom. The molecule has 0 aliphatic carbocycles. The maximum Gasteiger partial charge on any atom is 0.141 e. The fraction of sp³-hybridized carbons (Fsp3) is 0. The molecule has 0 aliphatic rings. The molecule has 0 radical (unpaired) electrons.